The number of pyridine rings is 2. The van der Waals surface area contributed by atoms with E-state index < -0.39 is 0 Å². The van der Waals surface area contributed by atoms with Crippen LogP contribution in [-0.4, -0.2) is 35.7 Å². The van der Waals surface area contributed by atoms with Gasteiger partial charge in [0.15, 0.2) is 0 Å². The molecule has 0 aliphatic carbocycles. The van der Waals surface area contributed by atoms with E-state index in [1.54, 1.807) is 17.0 Å². The molecule has 2 atom stereocenters. The molecule has 0 radical (unpaired) electrons. The van der Waals surface area contributed by atoms with Crippen molar-refractivity contribution in [2.75, 3.05) is 31.1 Å². The van der Waals surface area contributed by atoms with E-state index in [1.807, 2.05) is 48.5 Å². The Morgan fingerprint density at radius 3 is 2.52 bits per heavy atom. The first-order valence-electron chi connectivity index (χ1n) is 10.1. The van der Waals surface area contributed by atoms with Gasteiger partial charge in [-0.15, -0.1) is 0 Å². The number of rotatable bonds is 5. The van der Waals surface area contributed by atoms with Crippen molar-refractivity contribution in [1.29, 1.82) is 0 Å². The van der Waals surface area contributed by atoms with Crippen molar-refractivity contribution in [3.63, 3.8) is 0 Å². The Kier molecular flexibility index (Phi) is 4.77. The molecule has 2 fully saturated rings. The van der Waals surface area contributed by atoms with Crippen molar-refractivity contribution in [2.24, 2.45) is 11.8 Å². The zero-order valence-corrected chi connectivity index (χ0v) is 16.2. The number of fused-ring (bicyclic) bond motifs is 1. The van der Waals surface area contributed by atoms with Gasteiger partial charge in [-0.3, -0.25) is 9.36 Å². The molecule has 0 unspecified atom stereocenters. The summed E-state index contributed by atoms with van der Waals surface area (Å²) in [6.45, 7) is 4.75. The van der Waals surface area contributed by atoms with Crippen LogP contribution >= 0.6 is 0 Å². The molecule has 3 aromatic rings. The summed E-state index contributed by atoms with van der Waals surface area (Å²) >= 11 is 0. The summed E-state index contributed by atoms with van der Waals surface area (Å²) < 4.78 is 7.34. The van der Waals surface area contributed by atoms with Crippen LogP contribution in [0.2, 0.25) is 0 Å². The second kappa shape index (κ2) is 7.72. The van der Waals surface area contributed by atoms with E-state index in [2.05, 4.69) is 15.2 Å². The van der Waals surface area contributed by atoms with Crippen LogP contribution in [0.15, 0.2) is 71.8 Å². The van der Waals surface area contributed by atoms with E-state index in [0.717, 1.165) is 55.1 Å². The van der Waals surface area contributed by atoms with Gasteiger partial charge in [0, 0.05) is 38.4 Å². The highest BCUT2D eigenvalue weighted by molar-refractivity contribution is 5.45. The van der Waals surface area contributed by atoms with Crippen molar-refractivity contribution in [3.8, 4) is 11.4 Å². The lowest BCUT2D eigenvalue weighted by Gasteiger charge is -2.19. The summed E-state index contributed by atoms with van der Waals surface area (Å²) in [6.07, 6.45) is 3.51. The molecule has 4 heterocycles. The molecule has 2 saturated heterocycles. The molecular weight excluding hydrogens is 364 g/mol. The Hall–Kier alpha value is -3.12. The monoisotopic (exact) mass is 388 g/mol. The van der Waals surface area contributed by atoms with Gasteiger partial charge in [-0.1, -0.05) is 30.3 Å². The average molecular weight is 388 g/mol. The molecule has 29 heavy (non-hydrogen) atoms. The van der Waals surface area contributed by atoms with E-state index in [-0.39, 0.29) is 5.56 Å². The maximum Gasteiger partial charge on any atom is 0.258 e. The molecule has 1 N–H and O–H groups in total. The highest BCUT2D eigenvalue weighted by Gasteiger charge is 2.36. The standard InChI is InChI=1S/C23H24N4O2/c28-23-10-21(29-16-17-4-2-1-3-5-17)8-9-27(23)20-6-7-22(25-13-20)26-14-18-11-24-12-19(18)15-26/h1-10,13,18-19,24H,11-12,14-16H2/t18-,19+. The number of ether oxygens (including phenoxy) is 1. The summed E-state index contributed by atoms with van der Waals surface area (Å²) in [7, 11) is 0. The molecule has 5 rings (SSSR count). The van der Waals surface area contributed by atoms with E-state index >= 15 is 0 Å². The van der Waals surface area contributed by atoms with Crippen LogP contribution in [0.5, 0.6) is 5.75 Å². The third-order valence-corrected chi connectivity index (χ3v) is 5.86. The van der Waals surface area contributed by atoms with Crippen LogP contribution in [-0.2, 0) is 6.61 Å². The summed E-state index contributed by atoms with van der Waals surface area (Å²) in [4.78, 5) is 19.5. The molecule has 2 aliphatic rings. The third-order valence-electron chi connectivity index (χ3n) is 5.86. The van der Waals surface area contributed by atoms with Crippen LogP contribution in [0.4, 0.5) is 5.82 Å². The lowest BCUT2D eigenvalue weighted by Crippen LogP contribution is -2.26. The molecule has 0 bridgehead atoms. The Labute approximate surface area is 169 Å². The normalized spacial score (nSPS) is 20.6. The molecule has 6 heteroatoms. The maximum atomic E-state index is 12.6. The number of benzene rings is 1. The zero-order valence-electron chi connectivity index (χ0n) is 16.2. The number of aromatic nitrogens is 2. The number of nitrogens with one attached hydrogen (secondary N) is 1. The van der Waals surface area contributed by atoms with Gasteiger partial charge < -0.3 is 15.0 Å². The van der Waals surface area contributed by atoms with Crippen molar-refractivity contribution in [2.45, 2.75) is 6.61 Å². The molecule has 148 valence electrons. The van der Waals surface area contributed by atoms with Crippen LogP contribution in [0.3, 0.4) is 0 Å². The van der Waals surface area contributed by atoms with Gasteiger partial charge in [-0.05, 0) is 35.6 Å². The lowest BCUT2D eigenvalue weighted by molar-refractivity contribution is 0.305. The first-order valence-corrected chi connectivity index (χ1v) is 10.1. The second-order valence-electron chi connectivity index (χ2n) is 7.80. The minimum atomic E-state index is -0.133. The first kappa shape index (κ1) is 17.9. The van der Waals surface area contributed by atoms with Crippen molar-refractivity contribution in [1.82, 2.24) is 14.9 Å². The van der Waals surface area contributed by atoms with E-state index in [9.17, 15) is 4.79 Å². The largest absolute Gasteiger partial charge is 0.489 e. The van der Waals surface area contributed by atoms with Gasteiger partial charge in [0.25, 0.3) is 5.56 Å². The molecule has 0 spiro atoms. The lowest BCUT2D eigenvalue weighted by atomic mass is 10.0. The predicted molar refractivity (Wildman–Crippen MR) is 113 cm³/mol. The van der Waals surface area contributed by atoms with Crippen LogP contribution in [0, 0.1) is 11.8 Å². The molecule has 2 aromatic heterocycles. The maximum absolute atomic E-state index is 12.6. The van der Waals surface area contributed by atoms with Gasteiger partial charge in [-0.25, -0.2) is 4.98 Å². The third kappa shape index (κ3) is 3.76. The minimum Gasteiger partial charge on any atom is -0.489 e. The summed E-state index contributed by atoms with van der Waals surface area (Å²) in [5.74, 6) is 3.00. The first-order chi connectivity index (χ1) is 14.3. The highest BCUT2D eigenvalue weighted by atomic mass is 16.5. The zero-order chi connectivity index (χ0) is 19.6. The fourth-order valence-electron chi connectivity index (χ4n) is 4.26. The molecule has 2 aliphatic heterocycles. The Morgan fingerprint density at radius 1 is 1.03 bits per heavy atom. The second-order valence-corrected chi connectivity index (χ2v) is 7.80. The van der Waals surface area contributed by atoms with Gasteiger partial charge in [0.1, 0.15) is 18.2 Å². The average Bonchev–Trinajstić information content (AvgIpc) is 3.36. The van der Waals surface area contributed by atoms with E-state index in [1.165, 1.54) is 6.07 Å². The smallest absolute Gasteiger partial charge is 0.258 e. The van der Waals surface area contributed by atoms with E-state index in [0.29, 0.717) is 12.4 Å². The van der Waals surface area contributed by atoms with E-state index in [4.69, 9.17) is 4.74 Å². The molecule has 0 saturated carbocycles. The Morgan fingerprint density at radius 2 is 1.83 bits per heavy atom. The van der Waals surface area contributed by atoms with Crippen molar-refractivity contribution >= 4 is 5.82 Å². The quantitative estimate of drug-likeness (QED) is 0.728. The fourth-order valence-corrected chi connectivity index (χ4v) is 4.26. The molecular formula is C23H24N4O2. The Bertz CT molecular complexity index is 1020. The minimum absolute atomic E-state index is 0.133. The van der Waals surface area contributed by atoms with Crippen LogP contribution in [0.25, 0.3) is 5.69 Å². The number of hydrogen-bond acceptors (Lipinski definition) is 5. The molecule has 0 amide bonds. The summed E-state index contributed by atoms with van der Waals surface area (Å²) in [5.41, 5.74) is 1.69. The fraction of sp³-hybridized carbons (Fsp3) is 0.304. The predicted octanol–water partition coefficient (Wildman–Crippen LogP) is 2.47. The van der Waals surface area contributed by atoms with Crippen molar-refractivity contribution < 1.29 is 4.74 Å². The number of anilines is 1. The van der Waals surface area contributed by atoms with Gasteiger partial charge in [-0.2, -0.15) is 0 Å². The number of hydrogen-bond donors (Lipinski definition) is 1. The van der Waals surface area contributed by atoms with Crippen LogP contribution < -0.4 is 20.5 Å². The highest BCUT2D eigenvalue weighted by Crippen LogP contribution is 2.29. The summed E-state index contributed by atoms with van der Waals surface area (Å²) in [5, 5.41) is 3.46. The topological polar surface area (TPSA) is 59.4 Å². The molecule has 1 aromatic carbocycles. The van der Waals surface area contributed by atoms with Crippen LogP contribution in [0.1, 0.15) is 5.56 Å². The van der Waals surface area contributed by atoms with Gasteiger partial charge in [0.2, 0.25) is 0 Å². The molecule has 6 nitrogen and oxygen atoms in total. The Balaban J connectivity index is 1.27. The van der Waals surface area contributed by atoms with Gasteiger partial charge >= 0.3 is 0 Å². The SMILES string of the molecule is O=c1cc(OCc2ccccc2)ccn1-c1ccc(N2C[C@H]3CNC[C@H]3C2)nc1. The summed E-state index contributed by atoms with van der Waals surface area (Å²) in [6, 6.07) is 17.2. The van der Waals surface area contributed by atoms with Crippen molar-refractivity contribution in [3.05, 3.63) is 82.9 Å². The van der Waals surface area contributed by atoms with Gasteiger partial charge in [0.05, 0.1) is 11.9 Å². The number of nitrogens with zero attached hydrogens (tertiary/aromatic N) is 3.